The Kier molecular flexibility index (Phi) is 8.42. The van der Waals surface area contributed by atoms with Gasteiger partial charge in [0, 0.05) is 30.6 Å². The first-order valence-electron chi connectivity index (χ1n) is 11.3. The second-order valence-corrected chi connectivity index (χ2v) is 14.3. The second-order valence-electron chi connectivity index (χ2n) is 8.95. The van der Waals surface area contributed by atoms with E-state index in [1.165, 1.54) is 21.7 Å². The predicted molar refractivity (Wildman–Crippen MR) is 146 cm³/mol. The average molecular weight is 576 g/mol. The molecule has 1 aliphatic rings. The number of thiazole rings is 1. The molecule has 7 nitrogen and oxygen atoms in total. The summed E-state index contributed by atoms with van der Waals surface area (Å²) in [5.41, 5.74) is 1.83. The zero-order valence-corrected chi connectivity index (χ0v) is 23.8. The van der Waals surface area contributed by atoms with Crippen LogP contribution in [0, 0.1) is 12.8 Å². The normalized spacial score (nSPS) is 15.8. The first kappa shape index (κ1) is 26.8. The topological polar surface area (TPSA) is 73.8 Å². The number of anilines is 1. The van der Waals surface area contributed by atoms with Gasteiger partial charge in [-0.15, -0.1) is 11.3 Å². The van der Waals surface area contributed by atoms with E-state index in [2.05, 4.69) is 4.90 Å². The molecule has 0 bridgehead atoms. The van der Waals surface area contributed by atoms with Crippen LogP contribution in [0.25, 0.3) is 10.2 Å². The Hall–Kier alpha value is -1.27. The maximum absolute atomic E-state index is 13.7. The fourth-order valence-electron chi connectivity index (χ4n) is 4.23. The van der Waals surface area contributed by atoms with Crippen LogP contribution in [0.1, 0.15) is 24.8 Å². The number of amides is 1. The molecule has 1 fully saturated rings. The lowest BCUT2D eigenvalue weighted by atomic mass is 9.96. The molecule has 1 aromatic carbocycles. The number of hydrogen-bond acceptors (Lipinski definition) is 7. The number of aromatic nitrogens is 1. The highest BCUT2D eigenvalue weighted by molar-refractivity contribution is 7.91. The van der Waals surface area contributed by atoms with E-state index in [0.717, 1.165) is 40.1 Å². The van der Waals surface area contributed by atoms with Gasteiger partial charge in [-0.2, -0.15) is 4.31 Å². The first-order chi connectivity index (χ1) is 16.6. The van der Waals surface area contributed by atoms with E-state index >= 15 is 0 Å². The number of carbonyl (C=O) groups is 1. The van der Waals surface area contributed by atoms with Crippen molar-refractivity contribution in [3.05, 3.63) is 39.2 Å². The number of hydrogen-bond donors (Lipinski definition) is 0. The van der Waals surface area contributed by atoms with E-state index < -0.39 is 10.0 Å². The molecular weight excluding hydrogens is 547 g/mol. The standard InChI is InChI=1S/C23H28Cl2N4O3S3/c1-15-13-17(24)14-18-21(15)26-23(33-18)29(10-4-9-27(2)3)22(30)16-7-11-28(12-8-16)35(31,32)20-6-5-19(25)34-20/h5-6,13-14,16H,4,7-12H2,1-3H3. The highest BCUT2D eigenvalue weighted by atomic mass is 35.5. The summed E-state index contributed by atoms with van der Waals surface area (Å²) in [6, 6.07) is 6.89. The third-order valence-corrected chi connectivity index (χ3v) is 10.9. The molecule has 1 aliphatic heterocycles. The number of piperidine rings is 1. The number of thiophene rings is 1. The summed E-state index contributed by atoms with van der Waals surface area (Å²) in [4.78, 5) is 22.4. The molecule has 12 heteroatoms. The van der Waals surface area contributed by atoms with Crippen LogP contribution >= 0.6 is 45.9 Å². The Morgan fingerprint density at radius 3 is 2.49 bits per heavy atom. The van der Waals surface area contributed by atoms with Crippen molar-refractivity contribution >= 4 is 77.2 Å². The number of aryl methyl sites for hydroxylation is 1. The Morgan fingerprint density at radius 2 is 1.86 bits per heavy atom. The molecule has 3 heterocycles. The number of sulfonamides is 1. The molecule has 0 radical (unpaired) electrons. The van der Waals surface area contributed by atoms with Gasteiger partial charge < -0.3 is 4.90 Å². The van der Waals surface area contributed by atoms with Crippen molar-refractivity contribution in [1.82, 2.24) is 14.2 Å². The van der Waals surface area contributed by atoms with Gasteiger partial charge in [0.25, 0.3) is 10.0 Å². The highest BCUT2D eigenvalue weighted by Crippen LogP contribution is 2.35. The minimum absolute atomic E-state index is 0.00257. The minimum atomic E-state index is -3.60. The van der Waals surface area contributed by atoms with Gasteiger partial charge >= 0.3 is 0 Å². The number of fused-ring (bicyclic) bond motifs is 1. The monoisotopic (exact) mass is 574 g/mol. The Bertz CT molecular complexity index is 1310. The smallest absolute Gasteiger partial charge is 0.252 e. The summed E-state index contributed by atoms with van der Waals surface area (Å²) in [5.74, 6) is -0.257. The lowest BCUT2D eigenvalue weighted by molar-refractivity contribution is -0.123. The molecule has 0 aliphatic carbocycles. The third kappa shape index (κ3) is 6.01. The molecule has 0 spiro atoms. The fourth-order valence-corrected chi connectivity index (χ4v) is 8.79. The maximum atomic E-state index is 13.7. The van der Waals surface area contributed by atoms with Gasteiger partial charge in [0.05, 0.1) is 14.6 Å². The summed E-state index contributed by atoms with van der Waals surface area (Å²) in [5, 5.41) is 1.31. The molecule has 1 saturated heterocycles. The average Bonchev–Trinajstić information content (AvgIpc) is 3.43. The summed E-state index contributed by atoms with van der Waals surface area (Å²) in [6.07, 6.45) is 1.75. The zero-order chi connectivity index (χ0) is 25.3. The van der Waals surface area contributed by atoms with Gasteiger partial charge in [-0.3, -0.25) is 9.69 Å². The van der Waals surface area contributed by atoms with Gasteiger partial charge in [-0.1, -0.05) is 34.5 Å². The number of benzene rings is 1. The number of nitrogens with zero attached hydrogens (tertiary/aromatic N) is 4. The van der Waals surface area contributed by atoms with Crippen LogP contribution in [0.4, 0.5) is 5.13 Å². The van der Waals surface area contributed by atoms with E-state index in [9.17, 15) is 13.2 Å². The van der Waals surface area contributed by atoms with E-state index in [4.69, 9.17) is 28.2 Å². The molecule has 4 rings (SSSR count). The van der Waals surface area contributed by atoms with Crippen molar-refractivity contribution < 1.29 is 13.2 Å². The Labute approximate surface area is 224 Å². The zero-order valence-electron chi connectivity index (χ0n) is 19.8. The predicted octanol–water partition coefficient (Wildman–Crippen LogP) is 5.36. The van der Waals surface area contributed by atoms with E-state index in [-0.39, 0.29) is 16.0 Å². The minimum Gasteiger partial charge on any atom is -0.309 e. The molecular formula is C23H28Cl2N4O3S3. The van der Waals surface area contributed by atoms with Gasteiger partial charge in [0.15, 0.2) is 5.13 Å². The van der Waals surface area contributed by atoms with E-state index in [0.29, 0.717) is 47.0 Å². The summed E-state index contributed by atoms with van der Waals surface area (Å²) in [7, 11) is 0.414. The van der Waals surface area contributed by atoms with Crippen LogP contribution in [0.15, 0.2) is 28.5 Å². The van der Waals surface area contributed by atoms with Crippen molar-refractivity contribution in [3.8, 4) is 0 Å². The van der Waals surface area contributed by atoms with Crippen molar-refractivity contribution in [1.29, 1.82) is 0 Å². The molecule has 0 atom stereocenters. The number of rotatable bonds is 8. The first-order valence-corrected chi connectivity index (χ1v) is 15.2. The van der Waals surface area contributed by atoms with Crippen LogP contribution in [0.5, 0.6) is 0 Å². The molecule has 0 N–H and O–H groups in total. The Balaban J connectivity index is 1.52. The number of carbonyl (C=O) groups excluding carboxylic acids is 1. The van der Waals surface area contributed by atoms with Crippen LogP contribution in [0.2, 0.25) is 9.36 Å². The molecule has 0 unspecified atom stereocenters. The molecule has 3 aromatic rings. The largest absolute Gasteiger partial charge is 0.309 e. The molecule has 35 heavy (non-hydrogen) atoms. The molecule has 2 aromatic heterocycles. The lowest BCUT2D eigenvalue weighted by Crippen LogP contribution is -2.45. The summed E-state index contributed by atoms with van der Waals surface area (Å²) < 4.78 is 29.0. The van der Waals surface area contributed by atoms with Gasteiger partial charge in [0.2, 0.25) is 5.91 Å². The second kappa shape index (κ2) is 11.0. The fraction of sp³-hybridized carbons (Fsp3) is 0.478. The van der Waals surface area contributed by atoms with Crippen molar-refractivity contribution in [2.24, 2.45) is 5.92 Å². The lowest BCUT2D eigenvalue weighted by Gasteiger charge is -2.32. The highest BCUT2D eigenvalue weighted by Gasteiger charge is 2.35. The van der Waals surface area contributed by atoms with Gasteiger partial charge in [-0.25, -0.2) is 13.4 Å². The van der Waals surface area contributed by atoms with Crippen LogP contribution in [-0.4, -0.2) is 68.8 Å². The van der Waals surface area contributed by atoms with Crippen LogP contribution < -0.4 is 4.90 Å². The van der Waals surface area contributed by atoms with E-state index in [1.807, 2.05) is 33.2 Å². The SMILES string of the molecule is Cc1cc(Cl)cc2sc(N(CCCN(C)C)C(=O)C3CCN(S(=O)(=O)c4ccc(Cl)s4)CC3)nc12. The van der Waals surface area contributed by atoms with Crippen LogP contribution in [0.3, 0.4) is 0 Å². The van der Waals surface area contributed by atoms with Gasteiger partial charge in [0.1, 0.15) is 4.21 Å². The third-order valence-electron chi connectivity index (χ3n) is 6.07. The summed E-state index contributed by atoms with van der Waals surface area (Å²) >= 11 is 14.7. The van der Waals surface area contributed by atoms with Gasteiger partial charge in [-0.05, 0) is 76.7 Å². The van der Waals surface area contributed by atoms with E-state index in [1.54, 1.807) is 11.0 Å². The molecule has 1 amide bonds. The Morgan fingerprint density at radius 1 is 1.14 bits per heavy atom. The molecule has 190 valence electrons. The van der Waals surface area contributed by atoms with Crippen molar-refractivity contribution in [2.45, 2.75) is 30.4 Å². The quantitative estimate of drug-likeness (QED) is 0.362. The van der Waals surface area contributed by atoms with Crippen molar-refractivity contribution in [3.63, 3.8) is 0 Å². The number of halogens is 2. The summed E-state index contributed by atoms with van der Waals surface area (Å²) in [6.45, 7) is 3.96. The van der Waals surface area contributed by atoms with Crippen molar-refractivity contribution in [2.75, 3.05) is 45.2 Å². The maximum Gasteiger partial charge on any atom is 0.252 e. The molecule has 0 saturated carbocycles. The van der Waals surface area contributed by atoms with Crippen LogP contribution in [-0.2, 0) is 14.8 Å².